The van der Waals surface area contributed by atoms with Crippen LogP contribution in [0.3, 0.4) is 0 Å². The highest BCUT2D eigenvalue weighted by Crippen LogP contribution is 2.20. The van der Waals surface area contributed by atoms with Crippen molar-refractivity contribution in [2.45, 2.75) is 24.7 Å². The van der Waals surface area contributed by atoms with Gasteiger partial charge in [-0.05, 0) is 43.1 Å². The molecule has 1 aromatic carbocycles. The normalized spacial score (nSPS) is 10.7. The monoisotopic (exact) mass is 265 g/mol. The molecule has 5 heteroatoms. The van der Waals surface area contributed by atoms with E-state index < -0.39 is 0 Å². The molecule has 0 aliphatic carbocycles. The molecule has 0 bridgehead atoms. The Labute approximate surface area is 110 Å². The fourth-order valence-electron chi connectivity index (χ4n) is 1.74. The van der Waals surface area contributed by atoms with Crippen LogP contribution in [-0.4, -0.2) is 21.0 Å². The molecule has 0 radical (unpaired) electrons. The van der Waals surface area contributed by atoms with E-state index in [0.29, 0.717) is 4.77 Å². The average molecular weight is 265 g/mol. The number of rotatable bonds is 4. The second kappa shape index (κ2) is 5.51. The maximum absolute atomic E-state index is 5.29. The van der Waals surface area contributed by atoms with Crippen LogP contribution >= 0.6 is 24.0 Å². The molecule has 2 aromatic rings. The van der Waals surface area contributed by atoms with Crippen molar-refractivity contribution in [3.05, 3.63) is 34.9 Å². The third kappa shape index (κ3) is 2.61. The van der Waals surface area contributed by atoms with Gasteiger partial charge in [0.2, 0.25) is 0 Å². The van der Waals surface area contributed by atoms with Crippen LogP contribution in [0, 0.1) is 4.77 Å². The Balaban J connectivity index is 2.51. The van der Waals surface area contributed by atoms with Gasteiger partial charge >= 0.3 is 0 Å². The van der Waals surface area contributed by atoms with Gasteiger partial charge in [-0.3, -0.25) is 9.67 Å². The maximum atomic E-state index is 5.29. The lowest BCUT2D eigenvalue weighted by Gasteiger charge is -2.07. The first-order valence-electron chi connectivity index (χ1n) is 5.57. The molecule has 1 heterocycles. The first-order chi connectivity index (χ1) is 8.26. The molecule has 17 heavy (non-hydrogen) atoms. The van der Waals surface area contributed by atoms with E-state index >= 15 is 0 Å². The van der Waals surface area contributed by atoms with Crippen molar-refractivity contribution in [3.8, 4) is 5.69 Å². The molecule has 0 atom stereocenters. The van der Waals surface area contributed by atoms with Gasteiger partial charge in [-0.25, -0.2) is 0 Å². The first kappa shape index (κ1) is 12.4. The molecule has 1 aromatic heterocycles. The fourth-order valence-corrected chi connectivity index (χ4v) is 2.45. The topological polar surface area (TPSA) is 33.6 Å². The molecule has 0 saturated heterocycles. The van der Waals surface area contributed by atoms with Crippen LogP contribution in [0.5, 0.6) is 0 Å². The number of benzene rings is 1. The maximum Gasteiger partial charge on any atom is 0.199 e. The minimum absolute atomic E-state index is 0.659. The number of aryl methyl sites for hydroxylation is 1. The predicted molar refractivity (Wildman–Crippen MR) is 74.5 cm³/mol. The van der Waals surface area contributed by atoms with Crippen LogP contribution in [-0.2, 0) is 6.42 Å². The quantitative estimate of drug-likeness (QED) is 0.677. The minimum atomic E-state index is 0.659. The summed E-state index contributed by atoms with van der Waals surface area (Å²) in [7, 11) is 0. The highest BCUT2D eigenvalue weighted by molar-refractivity contribution is 7.98. The van der Waals surface area contributed by atoms with Crippen LogP contribution in [0.4, 0.5) is 0 Å². The van der Waals surface area contributed by atoms with Crippen molar-refractivity contribution in [2.24, 2.45) is 0 Å². The van der Waals surface area contributed by atoms with E-state index in [9.17, 15) is 0 Å². The summed E-state index contributed by atoms with van der Waals surface area (Å²) in [6, 6.07) is 8.34. The molecule has 0 spiro atoms. The van der Waals surface area contributed by atoms with Crippen molar-refractivity contribution < 1.29 is 0 Å². The molecule has 0 unspecified atom stereocenters. The van der Waals surface area contributed by atoms with Gasteiger partial charge in [0.05, 0.1) is 5.69 Å². The second-order valence-corrected chi connectivity index (χ2v) is 5.00. The Morgan fingerprint density at radius 3 is 3.00 bits per heavy atom. The van der Waals surface area contributed by atoms with Crippen molar-refractivity contribution >= 4 is 24.0 Å². The summed E-state index contributed by atoms with van der Waals surface area (Å²) >= 11 is 7.01. The lowest BCUT2D eigenvalue weighted by molar-refractivity contribution is 0.800. The minimum Gasteiger partial charge on any atom is -0.272 e. The third-order valence-corrected chi connectivity index (χ3v) is 3.53. The lowest BCUT2D eigenvalue weighted by Crippen LogP contribution is -2.01. The zero-order chi connectivity index (χ0) is 12.3. The standard InChI is InChI=1S/C12H15N3S2/c1-3-5-11-13-14-12(16)15(11)9-6-4-7-10(8-9)17-2/h4,6-8H,3,5H2,1-2H3,(H,14,16). The molecule has 1 N–H and O–H groups in total. The number of thioether (sulfide) groups is 1. The summed E-state index contributed by atoms with van der Waals surface area (Å²) in [5.41, 5.74) is 1.08. The summed E-state index contributed by atoms with van der Waals surface area (Å²) in [5.74, 6) is 0.996. The van der Waals surface area contributed by atoms with E-state index in [0.717, 1.165) is 24.4 Å². The van der Waals surface area contributed by atoms with Crippen LogP contribution in [0.25, 0.3) is 5.69 Å². The van der Waals surface area contributed by atoms with Crippen LogP contribution in [0.1, 0.15) is 19.2 Å². The van der Waals surface area contributed by atoms with E-state index in [1.807, 2.05) is 10.6 Å². The van der Waals surface area contributed by atoms with E-state index in [-0.39, 0.29) is 0 Å². The summed E-state index contributed by atoms with van der Waals surface area (Å²) in [6.45, 7) is 2.14. The summed E-state index contributed by atoms with van der Waals surface area (Å²) < 4.78 is 2.67. The van der Waals surface area contributed by atoms with Gasteiger partial charge in [-0.1, -0.05) is 13.0 Å². The number of nitrogens with zero attached hydrogens (tertiary/aromatic N) is 2. The molecule has 90 valence electrons. The smallest absolute Gasteiger partial charge is 0.199 e. The van der Waals surface area contributed by atoms with Gasteiger partial charge in [-0.15, -0.1) is 11.8 Å². The first-order valence-corrected chi connectivity index (χ1v) is 7.20. The highest BCUT2D eigenvalue weighted by Gasteiger charge is 2.07. The fraction of sp³-hybridized carbons (Fsp3) is 0.333. The number of aromatic amines is 1. The summed E-state index contributed by atoms with van der Waals surface area (Å²) in [5, 5.41) is 7.14. The van der Waals surface area contributed by atoms with E-state index in [1.165, 1.54) is 4.90 Å². The molecule has 0 aliphatic heterocycles. The van der Waals surface area contributed by atoms with Crippen LogP contribution < -0.4 is 0 Å². The Morgan fingerprint density at radius 1 is 1.47 bits per heavy atom. The second-order valence-electron chi connectivity index (χ2n) is 3.73. The predicted octanol–water partition coefficient (Wildman–Crippen LogP) is 3.60. The number of H-pyrrole nitrogens is 1. The van der Waals surface area contributed by atoms with Gasteiger partial charge in [0.1, 0.15) is 5.82 Å². The van der Waals surface area contributed by atoms with Gasteiger partial charge in [0.15, 0.2) is 4.77 Å². The zero-order valence-corrected chi connectivity index (χ0v) is 11.6. The van der Waals surface area contributed by atoms with Gasteiger partial charge in [0.25, 0.3) is 0 Å². The summed E-state index contributed by atoms with van der Waals surface area (Å²) in [4.78, 5) is 1.23. The average Bonchev–Trinajstić information content (AvgIpc) is 2.71. The number of hydrogen-bond acceptors (Lipinski definition) is 3. The lowest BCUT2D eigenvalue weighted by atomic mass is 10.3. The molecule has 3 nitrogen and oxygen atoms in total. The zero-order valence-electron chi connectivity index (χ0n) is 9.93. The molecular formula is C12H15N3S2. The molecule has 2 rings (SSSR count). The number of hydrogen-bond donors (Lipinski definition) is 1. The van der Waals surface area contributed by atoms with Gasteiger partial charge in [-0.2, -0.15) is 5.10 Å². The molecular weight excluding hydrogens is 250 g/mol. The molecule has 0 aliphatic rings. The summed E-state index contributed by atoms with van der Waals surface area (Å²) in [6.07, 6.45) is 4.05. The van der Waals surface area contributed by atoms with Crippen LogP contribution in [0.2, 0.25) is 0 Å². The molecule has 0 fully saturated rings. The Morgan fingerprint density at radius 2 is 2.29 bits per heavy atom. The van der Waals surface area contributed by atoms with E-state index in [4.69, 9.17) is 12.2 Å². The Kier molecular flexibility index (Phi) is 4.02. The Bertz CT molecular complexity index is 557. The highest BCUT2D eigenvalue weighted by atomic mass is 32.2. The van der Waals surface area contributed by atoms with Crippen molar-refractivity contribution in [3.63, 3.8) is 0 Å². The largest absolute Gasteiger partial charge is 0.272 e. The molecule has 0 saturated carbocycles. The molecule has 0 amide bonds. The van der Waals surface area contributed by atoms with Gasteiger partial charge < -0.3 is 0 Å². The number of nitrogens with one attached hydrogen (secondary N) is 1. The third-order valence-electron chi connectivity index (χ3n) is 2.53. The van der Waals surface area contributed by atoms with Crippen molar-refractivity contribution in [1.82, 2.24) is 14.8 Å². The SMILES string of the molecule is CCCc1n[nH]c(=S)n1-c1cccc(SC)c1. The van der Waals surface area contributed by atoms with E-state index in [1.54, 1.807) is 11.8 Å². The van der Waals surface area contributed by atoms with Crippen LogP contribution in [0.15, 0.2) is 29.2 Å². The van der Waals surface area contributed by atoms with Crippen molar-refractivity contribution in [2.75, 3.05) is 6.26 Å². The number of aromatic nitrogens is 3. The van der Waals surface area contributed by atoms with Crippen molar-refractivity contribution in [1.29, 1.82) is 0 Å². The van der Waals surface area contributed by atoms with E-state index in [2.05, 4.69) is 41.6 Å². The Hall–Kier alpha value is -1.07. The van der Waals surface area contributed by atoms with Gasteiger partial charge in [0, 0.05) is 11.3 Å².